The van der Waals surface area contributed by atoms with Crippen molar-refractivity contribution in [1.82, 2.24) is 10.2 Å². The van der Waals surface area contributed by atoms with Crippen molar-refractivity contribution >= 4 is 0 Å². The van der Waals surface area contributed by atoms with Crippen LogP contribution in [0.15, 0.2) is 24.3 Å². The molecule has 19 heavy (non-hydrogen) atoms. The lowest BCUT2D eigenvalue weighted by Gasteiger charge is -2.37. The lowest BCUT2D eigenvalue weighted by atomic mass is 9.98. The first-order valence-electron chi connectivity index (χ1n) is 7.41. The largest absolute Gasteiger partial charge is 0.314 e. The van der Waals surface area contributed by atoms with Gasteiger partial charge in [-0.05, 0) is 30.0 Å². The van der Waals surface area contributed by atoms with Crippen LogP contribution in [0.5, 0.6) is 0 Å². The maximum Gasteiger partial charge on any atom is 0.123 e. The van der Waals surface area contributed by atoms with Gasteiger partial charge >= 0.3 is 0 Å². The molecule has 0 saturated carbocycles. The quantitative estimate of drug-likeness (QED) is 0.879. The van der Waals surface area contributed by atoms with Crippen LogP contribution >= 0.6 is 0 Å². The topological polar surface area (TPSA) is 15.3 Å². The highest BCUT2D eigenvalue weighted by atomic mass is 19.1. The van der Waals surface area contributed by atoms with Gasteiger partial charge in [0.25, 0.3) is 0 Å². The summed E-state index contributed by atoms with van der Waals surface area (Å²) in [5.74, 6) is 0.306. The van der Waals surface area contributed by atoms with Crippen molar-refractivity contribution < 1.29 is 4.39 Å². The van der Waals surface area contributed by atoms with Gasteiger partial charge in [-0.25, -0.2) is 4.39 Å². The number of hydrogen-bond donors (Lipinski definition) is 1. The predicted molar refractivity (Wildman–Crippen MR) is 78.0 cm³/mol. The first kappa shape index (κ1) is 14.5. The second kappa shape index (κ2) is 7.01. The minimum atomic E-state index is -0.151. The van der Waals surface area contributed by atoms with Gasteiger partial charge in [0, 0.05) is 32.2 Å². The van der Waals surface area contributed by atoms with Gasteiger partial charge < -0.3 is 5.32 Å². The zero-order valence-electron chi connectivity index (χ0n) is 12.0. The molecule has 1 aromatic rings. The Bertz CT molecular complexity index is 375. The van der Waals surface area contributed by atoms with E-state index in [0.717, 1.165) is 26.2 Å². The Kier molecular flexibility index (Phi) is 5.34. The number of piperazine rings is 1. The summed E-state index contributed by atoms with van der Waals surface area (Å²) in [6.45, 7) is 8.85. The van der Waals surface area contributed by atoms with Gasteiger partial charge in [0.2, 0.25) is 0 Å². The van der Waals surface area contributed by atoms with E-state index in [1.807, 2.05) is 12.1 Å². The third-order valence-electron chi connectivity index (χ3n) is 4.04. The lowest BCUT2D eigenvalue weighted by molar-refractivity contribution is 0.145. The van der Waals surface area contributed by atoms with E-state index in [4.69, 9.17) is 0 Å². The Morgan fingerprint density at radius 2 is 2.11 bits per heavy atom. The highest BCUT2D eigenvalue weighted by Gasteiger charge is 2.23. The first-order valence-corrected chi connectivity index (χ1v) is 7.41. The third kappa shape index (κ3) is 4.02. The molecule has 2 unspecified atom stereocenters. The average Bonchev–Trinajstić information content (AvgIpc) is 2.42. The van der Waals surface area contributed by atoms with Crippen LogP contribution in [0.1, 0.15) is 38.2 Å². The number of nitrogens with one attached hydrogen (secondary N) is 1. The second-order valence-corrected chi connectivity index (χ2v) is 5.59. The highest BCUT2D eigenvalue weighted by molar-refractivity contribution is 5.20. The molecule has 1 aromatic carbocycles. The zero-order valence-corrected chi connectivity index (χ0v) is 12.0. The molecular formula is C16H25FN2. The molecule has 0 aliphatic carbocycles. The van der Waals surface area contributed by atoms with E-state index in [1.165, 1.54) is 18.4 Å². The number of rotatable bonds is 5. The van der Waals surface area contributed by atoms with E-state index < -0.39 is 0 Å². The zero-order chi connectivity index (χ0) is 13.7. The summed E-state index contributed by atoms with van der Waals surface area (Å²) in [6.07, 6.45) is 2.48. The van der Waals surface area contributed by atoms with Crippen LogP contribution in [0.3, 0.4) is 0 Å². The van der Waals surface area contributed by atoms with Crippen LogP contribution in [-0.2, 0) is 0 Å². The molecule has 2 rings (SSSR count). The summed E-state index contributed by atoms with van der Waals surface area (Å²) in [7, 11) is 0. The summed E-state index contributed by atoms with van der Waals surface area (Å²) in [5, 5.41) is 3.48. The van der Waals surface area contributed by atoms with Crippen LogP contribution in [0.2, 0.25) is 0 Å². The normalized spacial score (nSPS) is 22.4. The van der Waals surface area contributed by atoms with Crippen LogP contribution in [0.4, 0.5) is 4.39 Å². The smallest absolute Gasteiger partial charge is 0.123 e. The third-order valence-corrected chi connectivity index (χ3v) is 4.04. The summed E-state index contributed by atoms with van der Waals surface area (Å²) in [5.41, 5.74) is 1.23. The first-order chi connectivity index (χ1) is 9.20. The molecule has 1 aliphatic heterocycles. The fraction of sp³-hybridized carbons (Fsp3) is 0.625. The van der Waals surface area contributed by atoms with Gasteiger partial charge in [0.1, 0.15) is 5.82 Å². The summed E-state index contributed by atoms with van der Waals surface area (Å²) >= 11 is 0. The number of halogens is 1. The predicted octanol–water partition coefficient (Wildman–Crippen LogP) is 3.00. The maximum absolute atomic E-state index is 13.0. The molecule has 2 nitrogen and oxygen atoms in total. The minimum Gasteiger partial charge on any atom is -0.314 e. The van der Waals surface area contributed by atoms with Gasteiger partial charge in [0.05, 0.1) is 0 Å². The van der Waals surface area contributed by atoms with Gasteiger partial charge in [-0.3, -0.25) is 4.90 Å². The van der Waals surface area contributed by atoms with Crippen LogP contribution in [0.25, 0.3) is 0 Å². The summed E-state index contributed by atoms with van der Waals surface area (Å²) < 4.78 is 13.0. The maximum atomic E-state index is 13.0. The van der Waals surface area contributed by atoms with Crippen molar-refractivity contribution in [2.45, 2.75) is 38.6 Å². The molecule has 0 radical (unpaired) electrons. The van der Waals surface area contributed by atoms with Crippen LogP contribution in [0, 0.1) is 5.82 Å². The van der Waals surface area contributed by atoms with Crippen LogP contribution < -0.4 is 5.32 Å². The van der Waals surface area contributed by atoms with Gasteiger partial charge in [0.15, 0.2) is 0 Å². The monoisotopic (exact) mass is 264 g/mol. The number of benzene rings is 1. The average molecular weight is 264 g/mol. The molecular weight excluding hydrogens is 239 g/mol. The van der Waals surface area contributed by atoms with E-state index >= 15 is 0 Å². The fourth-order valence-corrected chi connectivity index (χ4v) is 2.91. The molecule has 106 valence electrons. The molecule has 1 fully saturated rings. The van der Waals surface area contributed by atoms with Gasteiger partial charge in [-0.1, -0.05) is 32.4 Å². The summed E-state index contributed by atoms with van der Waals surface area (Å²) in [6, 6.07) is 7.61. The van der Waals surface area contributed by atoms with Crippen molar-refractivity contribution in [2.24, 2.45) is 0 Å². The SMILES string of the molecule is CCCC1CNCCN1CC(C)c1ccc(F)cc1. The number of hydrogen-bond acceptors (Lipinski definition) is 2. The molecule has 0 amide bonds. The summed E-state index contributed by atoms with van der Waals surface area (Å²) in [4.78, 5) is 2.59. The minimum absolute atomic E-state index is 0.151. The molecule has 2 atom stereocenters. The van der Waals surface area contributed by atoms with Crippen LogP contribution in [-0.4, -0.2) is 37.1 Å². The Hall–Kier alpha value is -0.930. The Morgan fingerprint density at radius 3 is 2.79 bits per heavy atom. The molecule has 0 aromatic heterocycles. The van der Waals surface area contributed by atoms with E-state index in [2.05, 4.69) is 24.1 Å². The molecule has 1 N–H and O–H groups in total. The van der Waals surface area contributed by atoms with E-state index in [9.17, 15) is 4.39 Å². The van der Waals surface area contributed by atoms with Crippen molar-refractivity contribution in [3.05, 3.63) is 35.6 Å². The van der Waals surface area contributed by atoms with Gasteiger partial charge in [-0.15, -0.1) is 0 Å². The molecule has 3 heteroatoms. The Balaban J connectivity index is 1.96. The Morgan fingerprint density at radius 1 is 1.37 bits per heavy atom. The molecule has 0 bridgehead atoms. The van der Waals surface area contributed by atoms with Crippen molar-refractivity contribution in [3.8, 4) is 0 Å². The Labute approximate surface area is 116 Å². The molecule has 1 heterocycles. The van der Waals surface area contributed by atoms with E-state index in [0.29, 0.717) is 12.0 Å². The molecule has 0 spiro atoms. The van der Waals surface area contributed by atoms with E-state index in [-0.39, 0.29) is 5.82 Å². The molecule has 1 saturated heterocycles. The lowest BCUT2D eigenvalue weighted by Crippen LogP contribution is -2.52. The molecule has 1 aliphatic rings. The van der Waals surface area contributed by atoms with Crippen molar-refractivity contribution in [3.63, 3.8) is 0 Å². The van der Waals surface area contributed by atoms with Gasteiger partial charge in [-0.2, -0.15) is 0 Å². The second-order valence-electron chi connectivity index (χ2n) is 5.59. The van der Waals surface area contributed by atoms with Crippen molar-refractivity contribution in [2.75, 3.05) is 26.2 Å². The van der Waals surface area contributed by atoms with E-state index in [1.54, 1.807) is 12.1 Å². The standard InChI is InChI=1S/C16H25FN2/c1-3-4-16-11-18-9-10-19(16)12-13(2)14-5-7-15(17)8-6-14/h5-8,13,16,18H,3-4,9-12H2,1-2H3. The fourth-order valence-electron chi connectivity index (χ4n) is 2.91. The number of nitrogens with zero attached hydrogens (tertiary/aromatic N) is 1. The van der Waals surface area contributed by atoms with Crippen molar-refractivity contribution in [1.29, 1.82) is 0 Å². The highest BCUT2D eigenvalue weighted by Crippen LogP contribution is 2.20.